The van der Waals surface area contributed by atoms with Crippen LogP contribution in [0.3, 0.4) is 0 Å². The van der Waals surface area contributed by atoms with E-state index in [1.54, 1.807) is 19.2 Å². The lowest BCUT2D eigenvalue weighted by Crippen LogP contribution is -2.20. The molecule has 17 heavy (non-hydrogen) atoms. The van der Waals surface area contributed by atoms with E-state index >= 15 is 0 Å². The molecular weight excluding hydrogens is 228 g/mol. The molecule has 0 saturated carbocycles. The monoisotopic (exact) mass is 245 g/mol. The highest BCUT2D eigenvalue weighted by molar-refractivity contribution is 5.42. The van der Waals surface area contributed by atoms with Gasteiger partial charge in [0.1, 0.15) is 0 Å². The van der Waals surface area contributed by atoms with Crippen molar-refractivity contribution in [2.24, 2.45) is 0 Å². The standard InChI is InChI=1S/C12H17F2NO2/c1-3-17-11-6-9(4-5-10(11)16-2)7-15-8-12(13)14/h4-6,12,15H,3,7-8H2,1-2H3. The van der Waals surface area contributed by atoms with Gasteiger partial charge in [-0.25, -0.2) is 8.78 Å². The SMILES string of the molecule is CCOc1cc(CNCC(F)F)ccc1OC. The molecule has 0 aliphatic rings. The molecule has 0 bridgehead atoms. The first kappa shape index (κ1) is 13.7. The van der Waals surface area contributed by atoms with Crippen molar-refractivity contribution in [3.05, 3.63) is 23.8 Å². The van der Waals surface area contributed by atoms with E-state index in [0.29, 0.717) is 24.7 Å². The molecule has 3 nitrogen and oxygen atoms in total. The van der Waals surface area contributed by atoms with Gasteiger partial charge in [-0.3, -0.25) is 0 Å². The highest BCUT2D eigenvalue weighted by Crippen LogP contribution is 2.27. The summed E-state index contributed by atoms with van der Waals surface area (Å²) in [7, 11) is 1.56. The smallest absolute Gasteiger partial charge is 0.250 e. The molecule has 0 amide bonds. The van der Waals surface area contributed by atoms with Gasteiger partial charge in [0.2, 0.25) is 0 Å². The molecular formula is C12H17F2NO2. The lowest BCUT2D eigenvalue weighted by Gasteiger charge is -2.11. The summed E-state index contributed by atoms with van der Waals surface area (Å²) >= 11 is 0. The highest BCUT2D eigenvalue weighted by Gasteiger charge is 2.06. The second kappa shape index (κ2) is 7.06. The Balaban J connectivity index is 2.64. The topological polar surface area (TPSA) is 30.5 Å². The first-order chi connectivity index (χ1) is 8.17. The van der Waals surface area contributed by atoms with Crippen molar-refractivity contribution in [3.8, 4) is 11.5 Å². The van der Waals surface area contributed by atoms with Crippen molar-refractivity contribution in [2.45, 2.75) is 19.9 Å². The molecule has 0 radical (unpaired) electrons. The molecule has 0 aromatic heterocycles. The van der Waals surface area contributed by atoms with Crippen molar-refractivity contribution in [2.75, 3.05) is 20.3 Å². The quantitative estimate of drug-likeness (QED) is 0.800. The van der Waals surface area contributed by atoms with Crippen molar-refractivity contribution in [1.29, 1.82) is 0 Å². The maximum absolute atomic E-state index is 11.9. The molecule has 0 unspecified atom stereocenters. The summed E-state index contributed by atoms with van der Waals surface area (Å²) in [5.41, 5.74) is 0.884. The minimum atomic E-state index is -2.33. The number of nitrogens with one attached hydrogen (secondary N) is 1. The fourth-order valence-electron chi connectivity index (χ4n) is 1.42. The van der Waals surface area contributed by atoms with Crippen LogP contribution in [0, 0.1) is 0 Å². The summed E-state index contributed by atoms with van der Waals surface area (Å²) < 4.78 is 34.4. The van der Waals surface area contributed by atoms with Crippen LogP contribution in [0.2, 0.25) is 0 Å². The van der Waals surface area contributed by atoms with E-state index in [1.807, 2.05) is 13.0 Å². The van der Waals surface area contributed by atoms with Gasteiger partial charge in [-0.1, -0.05) is 6.07 Å². The number of alkyl halides is 2. The van der Waals surface area contributed by atoms with Gasteiger partial charge in [-0.2, -0.15) is 0 Å². The van der Waals surface area contributed by atoms with Crippen molar-refractivity contribution in [1.82, 2.24) is 5.32 Å². The summed E-state index contributed by atoms with van der Waals surface area (Å²) in [5, 5.41) is 2.66. The van der Waals surface area contributed by atoms with E-state index in [4.69, 9.17) is 9.47 Å². The number of hydrogen-bond donors (Lipinski definition) is 1. The Labute approximate surface area is 99.7 Å². The molecule has 0 aliphatic carbocycles. The average Bonchev–Trinajstić information content (AvgIpc) is 2.29. The van der Waals surface area contributed by atoms with Crippen LogP contribution in [0.4, 0.5) is 8.78 Å². The van der Waals surface area contributed by atoms with E-state index < -0.39 is 6.43 Å². The first-order valence-corrected chi connectivity index (χ1v) is 5.46. The maximum Gasteiger partial charge on any atom is 0.250 e. The number of benzene rings is 1. The number of methoxy groups -OCH3 is 1. The third-order valence-electron chi connectivity index (χ3n) is 2.16. The Morgan fingerprint density at radius 2 is 2.06 bits per heavy atom. The minimum absolute atomic E-state index is 0.310. The van der Waals surface area contributed by atoms with E-state index in [9.17, 15) is 8.78 Å². The van der Waals surface area contributed by atoms with Crippen LogP contribution in [-0.4, -0.2) is 26.7 Å². The van der Waals surface area contributed by atoms with Crippen LogP contribution >= 0.6 is 0 Å². The van der Waals surface area contributed by atoms with Crippen molar-refractivity contribution in [3.63, 3.8) is 0 Å². The second-order valence-electron chi connectivity index (χ2n) is 3.44. The van der Waals surface area contributed by atoms with E-state index in [0.717, 1.165) is 5.56 Å². The van der Waals surface area contributed by atoms with E-state index in [2.05, 4.69) is 5.32 Å². The molecule has 1 N–H and O–H groups in total. The summed E-state index contributed by atoms with van der Waals surface area (Å²) in [5.74, 6) is 1.27. The van der Waals surface area contributed by atoms with Gasteiger partial charge in [0.15, 0.2) is 11.5 Å². The molecule has 5 heteroatoms. The molecule has 0 spiro atoms. The second-order valence-corrected chi connectivity index (χ2v) is 3.44. The fraction of sp³-hybridized carbons (Fsp3) is 0.500. The molecule has 0 saturated heterocycles. The normalized spacial score (nSPS) is 10.6. The van der Waals surface area contributed by atoms with Gasteiger partial charge in [-0.15, -0.1) is 0 Å². The number of rotatable bonds is 7. The number of ether oxygens (including phenoxy) is 2. The predicted molar refractivity (Wildman–Crippen MR) is 61.9 cm³/mol. The van der Waals surface area contributed by atoms with Crippen LogP contribution in [0.1, 0.15) is 12.5 Å². The molecule has 1 aromatic rings. The zero-order valence-electron chi connectivity index (χ0n) is 10.0. The highest BCUT2D eigenvalue weighted by atomic mass is 19.3. The van der Waals surface area contributed by atoms with Crippen LogP contribution in [0.25, 0.3) is 0 Å². The van der Waals surface area contributed by atoms with E-state index in [-0.39, 0.29) is 6.54 Å². The molecule has 0 atom stereocenters. The molecule has 96 valence electrons. The third-order valence-corrected chi connectivity index (χ3v) is 2.16. The average molecular weight is 245 g/mol. The lowest BCUT2D eigenvalue weighted by atomic mass is 10.2. The molecule has 0 aliphatic heterocycles. The van der Waals surface area contributed by atoms with Gasteiger partial charge in [-0.05, 0) is 24.6 Å². The van der Waals surface area contributed by atoms with Crippen molar-refractivity contribution >= 4 is 0 Å². The zero-order valence-corrected chi connectivity index (χ0v) is 10.0. The predicted octanol–water partition coefficient (Wildman–Crippen LogP) is 2.45. The van der Waals surface area contributed by atoms with Crippen LogP contribution in [0.15, 0.2) is 18.2 Å². The fourth-order valence-corrected chi connectivity index (χ4v) is 1.42. The Kier molecular flexibility index (Phi) is 5.69. The van der Waals surface area contributed by atoms with Gasteiger partial charge in [0, 0.05) is 6.54 Å². The van der Waals surface area contributed by atoms with Gasteiger partial charge >= 0.3 is 0 Å². The Hall–Kier alpha value is -1.36. The number of hydrogen-bond acceptors (Lipinski definition) is 3. The molecule has 0 fully saturated rings. The summed E-state index contributed by atoms with van der Waals surface area (Å²) in [6, 6.07) is 5.38. The molecule has 1 aromatic carbocycles. The Bertz CT molecular complexity index is 345. The van der Waals surface area contributed by atoms with Crippen LogP contribution < -0.4 is 14.8 Å². The minimum Gasteiger partial charge on any atom is -0.493 e. The lowest BCUT2D eigenvalue weighted by molar-refractivity contribution is 0.145. The Morgan fingerprint density at radius 3 is 2.65 bits per heavy atom. The van der Waals surface area contributed by atoms with Crippen LogP contribution in [-0.2, 0) is 6.54 Å². The Morgan fingerprint density at radius 1 is 1.29 bits per heavy atom. The maximum atomic E-state index is 11.9. The third kappa shape index (κ3) is 4.56. The first-order valence-electron chi connectivity index (χ1n) is 5.46. The molecule has 0 heterocycles. The van der Waals surface area contributed by atoms with Crippen LogP contribution in [0.5, 0.6) is 11.5 Å². The molecule has 1 rings (SSSR count). The largest absolute Gasteiger partial charge is 0.493 e. The summed E-state index contributed by atoms with van der Waals surface area (Å²) in [4.78, 5) is 0. The summed E-state index contributed by atoms with van der Waals surface area (Å²) in [6.07, 6.45) is -2.33. The zero-order chi connectivity index (χ0) is 12.7. The van der Waals surface area contributed by atoms with Gasteiger partial charge in [0.05, 0.1) is 20.3 Å². The summed E-state index contributed by atoms with van der Waals surface area (Å²) in [6.45, 7) is 2.48. The van der Waals surface area contributed by atoms with E-state index in [1.165, 1.54) is 0 Å². The van der Waals surface area contributed by atoms with Gasteiger partial charge < -0.3 is 14.8 Å². The van der Waals surface area contributed by atoms with Gasteiger partial charge in [0.25, 0.3) is 6.43 Å². The van der Waals surface area contributed by atoms with Crippen molar-refractivity contribution < 1.29 is 18.3 Å². The number of halogens is 2.